The summed E-state index contributed by atoms with van der Waals surface area (Å²) in [6, 6.07) is 7.73. The second-order valence-electron chi connectivity index (χ2n) is 4.81. The molecule has 0 amide bonds. The van der Waals surface area contributed by atoms with Crippen LogP contribution in [0.1, 0.15) is 5.56 Å². The van der Waals surface area contributed by atoms with Crippen LogP contribution in [-0.4, -0.2) is 26.6 Å². The summed E-state index contributed by atoms with van der Waals surface area (Å²) >= 11 is 3.09. The molecular weight excluding hydrogens is 417 g/mol. The zero-order valence-corrected chi connectivity index (χ0v) is 15.3. The third-order valence-corrected chi connectivity index (χ3v) is 5.11. The average Bonchev–Trinajstić information content (AvgIpc) is 2.55. The van der Waals surface area contributed by atoms with Gasteiger partial charge in [-0.25, -0.2) is 17.6 Å². The summed E-state index contributed by atoms with van der Waals surface area (Å²) in [7, 11) is -2.75. The van der Waals surface area contributed by atoms with Gasteiger partial charge in [0.05, 0.1) is 12.8 Å². The van der Waals surface area contributed by atoms with Gasteiger partial charge in [-0.05, 0) is 57.9 Å². The number of ether oxygens (including phenoxy) is 1. The molecule has 0 aromatic heterocycles. The van der Waals surface area contributed by atoms with Crippen molar-refractivity contribution in [1.29, 1.82) is 0 Å². The molecule has 0 radical (unpaired) electrons. The van der Waals surface area contributed by atoms with Gasteiger partial charge in [0.1, 0.15) is 16.5 Å². The Balaban J connectivity index is 2.46. The Morgan fingerprint density at radius 1 is 1.28 bits per heavy atom. The summed E-state index contributed by atoms with van der Waals surface area (Å²) in [5.41, 5.74) is 0.511. The third-order valence-electron chi connectivity index (χ3n) is 3.07. The monoisotopic (exact) mass is 429 g/mol. The summed E-state index contributed by atoms with van der Waals surface area (Å²) < 4.78 is 46.1. The first-order valence-corrected chi connectivity index (χ1v) is 9.07. The topological polar surface area (TPSA) is 92.7 Å². The molecule has 0 aliphatic heterocycles. The van der Waals surface area contributed by atoms with Crippen LogP contribution in [0.3, 0.4) is 0 Å². The number of nitrogens with one attached hydrogen (secondary N) is 1. The second kappa shape index (κ2) is 7.66. The van der Waals surface area contributed by atoms with Crippen LogP contribution in [0.5, 0.6) is 5.75 Å². The van der Waals surface area contributed by atoms with Gasteiger partial charge in [-0.1, -0.05) is 6.07 Å². The Morgan fingerprint density at radius 2 is 2.00 bits per heavy atom. The van der Waals surface area contributed by atoms with E-state index in [4.69, 9.17) is 9.84 Å². The van der Waals surface area contributed by atoms with E-state index in [1.165, 1.54) is 37.5 Å². The van der Waals surface area contributed by atoms with Crippen molar-refractivity contribution in [3.05, 3.63) is 58.3 Å². The van der Waals surface area contributed by atoms with E-state index in [1.54, 1.807) is 0 Å². The number of hydrogen-bond acceptors (Lipinski definition) is 4. The highest BCUT2D eigenvalue weighted by atomic mass is 79.9. The number of sulfonamides is 1. The smallest absolute Gasteiger partial charge is 0.328 e. The first-order chi connectivity index (χ1) is 11.7. The summed E-state index contributed by atoms with van der Waals surface area (Å²) in [4.78, 5) is 10.4. The fourth-order valence-corrected chi connectivity index (χ4v) is 3.81. The lowest BCUT2D eigenvalue weighted by atomic mass is 10.2. The molecular formula is C16H13BrFNO5S. The van der Waals surface area contributed by atoms with Crippen molar-refractivity contribution < 1.29 is 27.4 Å². The first-order valence-electron chi connectivity index (χ1n) is 6.80. The summed E-state index contributed by atoms with van der Waals surface area (Å²) in [5.74, 6) is -1.60. The van der Waals surface area contributed by atoms with Crippen molar-refractivity contribution in [1.82, 2.24) is 0 Å². The van der Waals surface area contributed by atoms with Gasteiger partial charge in [0.15, 0.2) is 0 Å². The molecule has 132 valence electrons. The zero-order chi connectivity index (χ0) is 18.6. The lowest BCUT2D eigenvalue weighted by Gasteiger charge is -2.13. The lowest BCUT2D eigenvalue weighted by molar-refractivity contribution is -0.131. The average molecular weight is 430 g/mol. The molecule has 0 saturated carbocycles. The Kier molecular flexibility index (Phi) is 5.81. The van der Waals surface area contributed by atoms with Crippen molar-refractivity contribution in [2.24, 2.45) is 0 Å². The number of carbonyl (C=O) groups is 1. The van der Waals surface area contributed by atoms with Crippen LogP contribution in [-0.2, 0) is 14.8 Å². The highest BCUT2D eigenvalue weighted by Crippen LogP contribution is 2.30. The van der Waals surface area contributed by atoms with Crippen molar-refractivity contribution in [3.63, 3.8) is 0 Å². The fraction of sp³-hybridized carbons (Fsp3) is 0.0625. The number of rotatable bonds is 6. The van der Waals surface area contributed by atoms with Crippen LogP contribution in [0.2, 0.25) is 0 Å². The van der Waals surface area contributed by atoms with E-state index in [0.29, 0.717) is 5.56 Å². The minimum Gasteiger partial charge on any atom is -0.495 e. The van der Waals surface area contributed by atoms with E-state index in [0.717, 1.165) is 18.2 Å². The third kappa shape index (κ3) is 4.80. The molecule has 9 heteroatoms. The number of aliphatic carboxylic acids is 1. The molecule has 2 aromatic rings. The number of hydrogen-bond donors (Lipinski definition) is 2. The maximum atomic E-state index is 13.1. The van der Waals surface area contributed by atoms with E-state index in [1.807, 2.05) is 0 Å². The molecule has 0 spiro atoms. The van der Waals surface area contributed by atoms with Gasteiger partial charge >= 0.3 is 5.97 Å². The lowest BCUT2D eigenvalue weighted by Crippen LogP contribution is -2.14. The van der Waals surface area contributed by atoms with Gasteiger partial charge < -0.3 is 9.84 Å². The SMILES string of the molecule is COc1ccc(/C=C\C(=O)O)cc1S(=O)(=O)Nc1ccc(F)cc1Br. The maximum Gasteiger partial charge on any atom is 0.328 e. The zero-order valence-electron chi connectivity index (χ0n) is 12.9. The fourth-order valence-electron chi connectivity index (χ4n) is 1.95. The van der Waals surface area contributed by atoms with Gasteiger partial charge in [-0.3, -0.25) is 4.72 Å². The number of methoxy groups -OCH3 is 1. The molecule has 0 bridgehead atoms. The Morgan fingerprint density at radius 3 is 2.60 bits per heavy atom. The minimum atomic E-state index is -4.06. The molecule has 6 nitrogen and oxygen atoms in total. The number of benzene rings is 2. The molecule has 0 aliphatic rings. The van der Waals surface area contributed by atoms with Gasteiger partial charge in [0, 0.05) is 10.5 Å². The van der Waals surface area contributed by atoms with Crippen LogP contribution >= 0.6 is 15.9 Å². The van der Waals surface area contributed by atoms with Crippen molar-refractivity contribution in [3.8, 4) is 5.75 Å². The molecule has 0 atom stereocenters. The number of carboxylic acids is 1. The summed E-state index contributed by atoms with van der Waals surface area (Å²) in [6.45, 7) is 0. The number of anilines is 1. The van der Waals surface area contributed by atoms with Gasteiger partial charge in [-0.2, -0.15) is 0 Å². The van der Waals surface area contributed by atoms with Crippen molar-refractivity contribution >= 4 is 43.7 Å². The number of carboxylic acid groups (broad SMARTS) is 1. The van der Waals surface area contributed by atoms with E-state index in [9.17, 15) is 17.6 Å². The van der Waals surface area contributed by atoms with Crippen LogP contribution in [0.15, 0.2) is 51.8 Å². The second-order valence-corrected chi connectivity index (χ2v) is 7.32. The van der Waals surface area contributed by atoms with E-state index >= 15 is 0 Å². The molecule has 0 aliphatic carbocycles. The van der Waals surface area contributed by atoms with Crippen LogP contribution in [0, 0.1) is 5.82 Å². The summed E-state index contributed by atoms with van der Waals surface area (Å²) in [5, 5.41) is 8.67. The predicted molar refractivity (Wildman–Crippen MR) is 94.6 cm³/mol. The Bertz CT molecular complexity index is 944. The normalized spacial score (nSPS) is 11.5. The molecule has 0 heterocycles. The Labute approximate surface area is 152 Å². The van der Waals surface area contributed by atoms with E-state index in [2.05, 4.69) is 20.7 Å². The van der Waals surface area contributed by atoms with Gasteiger partial charge in [0.25, 0.3) is 10.0 Å². The van der Waals surface area contributed by atoms with E-state index in [-0.39, 0.29) is 20.8 Å². The predicted octanol–water partition coefficient (Wildman–Crippen LogP) is 3.50. The molecule has 0 saturated heterocycles. The van der Waals surface area contributed by atoms with Gasteiger partial charge in [0.2, 0.25) is 0 Å². The Hall–Kier alpha value is -2.39. The molecule has 2 aromatic carbocycles. The van der Waals surface area contributed by atoms with Gasteiger partial charge in [-0.15, -0.1) is 0 Å². The van der Waals surface area contributed by atoms with Crippen LogP contribution < -0.4 is 9.46 Å². The van der Waals surface area contributed by atoms with E-state index < -0.39 is 21.8 Å². The number of halogens is 2. The largest absolute Gasteiger partial charge is 0.495 e. The molecule has 0 fully saturated rings. The molecule has 2 N–H and O–H groups in total. The van der Waals surface area contributed by atoms with Crippen molar-refractivity contribution in [2.75, 3.05) is 11.8 Å². The maximum absolute atomic E-state index is 13.1. The first kappa shape index (κ1) is 18.9. The minimum absolute atomic E-state index is 0.0817. The standard InChI is InChI=1S/C16H13BrFNO5S/c1-24-14-6-2-10(3-7-16(20)21)8-15(14)25(22,23)19-13-5-4-11(18)9-12(13)17/h2-9,19H,1H3,(H,20,21)/b7-3-. The molecule has 25 heavy (non-hydrogen) atoms. The molecule has 2 rings (SSSR count). The van der Waals surface area contributed by atoms with Crippen LogP contribution in [0.25, 0.3) is 6.08 Å². The highest BCUT2D eigenvalue weighted by Gasteiger charge is 2.21. The van der Waals surface area contributed by atoms with Crippen LogP contribution in [0.4, 0.5) is 10.1 Å². The quantitative estimate of drug-likeness (QED) is 0.685. The summed E-state index contributed by atoms with van der Waals surface area (Å²) in [6.07, 6.45) is 2.15. The molecule has 0 unspecified atom stereocenters. The highest BCUT2D eigenvalue weighted by molar-refractivity contribution is 9.10. The van der Waals surface area contributed by atoms with Crippen molar-refractivity contribution in [2.45, 2.75) is 4.90 Å².